The fourth-order valence-corrected chi connectivity index (χ4v) is 4.55. The van der Waals surface area contributed by atoms with Gasteiger partial charge in [0.15, 0.2) is 6.10 Å². The molecular formula is C26H28N2O6S. The molecule has 8 nitrogen and oxygen atoms in total. The number of anilines is 1. The fraction of sp³-hybridized carbons (Fsp3) is 0.231. The lowest BCUT2D eigenvalue weighted by molar-refractivity contribution is -0.129. The van der Waals surface area contributed by atoms with Crippen molar-refractivity contribution in [2.24, 2.45) is 0 Å². The number of hydrogen-bond acceptors (Lipinski definition) is 6. The zero-order valence-corrected chi connectivity index (χ0v) is 20.8. The van der Waals surface area contributed by atoms with Gasteiger partial charge in [0.25, 0.3) is 15.9 Å². The van der Waals surface area contributed by atoms with E-state index in [0.717, 1.165) is 9.87 Å². The van der Waals surface area contributed by atoms with Crippen LogP contribution in [0, 0.1) is 0 Å². The monoisotopic (exact) mass is 496 g/mol. The van der Waals surface area contributed by atoms with Crippen molar-refractivity contribution in [2.75, 3.05) is 18.5 Å². The van der Waals surface area contributed by atoms with Gasteiger partial charge in [0, 0.05) is 7.05 Å². The van der Waals surface area contributed by atoms with Crippen molar-refractivity contribution < 1.29 is 27.5 Å². The summed E-state index contributed by atoms with van der Waals surface area (Å²) in [5.41, 5.74) is 1.36. The second kappa shape index (κ2) is 11.1. The van der Waals surface area contributed by atoms with Gasteiger partial charge in [0.1, 0.15) is 5.75 Å². The first kappa shape index (κ1) is 25.8. The molecule has 3 aromatic rings. The summed E-state index contributed by atoms with van der Waals surface area (Å²) in [6.45, 7) is 3.29. The van der Waals surface area contributed by atoms with Crippen LogP contribution in [0.25, 0.3) is 0 Å². The van der Waals surface area contributed by atoms with Crippen molar-refractivity contribution in [3.05, 3.63) is 90.0 Å². The number of ether oxygens (including phenoxy) is 2. The van der Waals surface area contributed by atoms with Crippen LogP contribution in [-0.4, -0.2) is 40.6 Å². The Morgan fingerprint density at radius 2 is 1.57 bits per heavy atom. The molecule has 0 aromatic heterocycles. The molecule has 3 rings (SSSR count). The highest BCUT2D eigenvalue weighted by Crippen LogP contribution is 2.25. The molecule has 184 valence electrons. The fourth-order valence-electron chi connectivity index (χ4n) is 3.31. The van der Waals surface area contributed by atoms with E-state index in [1.165, 1.54) is 45.3 Å². The van der Waals surface area contributed by atoms with E-state index in [9.17, 15) is 18.0 Å². The summed E-state index contributed by atoms with van der Waals surface area (Å²) >= 11 is 0. The first-order valence-corrected chi connectivity index (χ1v) is 12.4. The minimum atomic E-state index is -3.95. The molecule has 0 saturated carbocycles. The smallest absolute Gasteiger partial charge is 0.338 e. The van der Waals surface area contributed by atoms with Crippen molar-refractivity contribution >= 4 is 27.6 Å². The Kier molecular flexibility index (Phi) is 8.14. The van der Waals surface area contributed by atoms with Gasteiger partial charge in [-0.1, -0.05) is 36.4 Å². The Bertz CT molecular complexity index is 1280. The third kappa shape index (κ3) is 6.19. The quantitative estimate of drug-likeness (QED) is 0.450. The molecule has 2 unspecified atom stereocenters. The van der Waals surface area contributed by atoms with Gasteiger partial charge in [0.05, 0.1) is 29.3 Å². The predicted molar refractivity (Wildman–Crippen MR) is 133 cm³/mol. The average Bonchev–Trinajstić information content (AvgIpc) is 2.88. The van der Waals surface area contributed by atoms with E-state index in [1.807, 2.05) is 37.3 Å². The highest BCUT2D eigenvalue weighted by atomic mass is 32.2. The summed E-state index contributed by atoms with van der Waals surface area (Å²) in [4.78, 5) is 25.1. The van der Waals surface area contributed by atoms with Gasteiger partial charge in [-0.25, -0.2) is 13.2 Å². The van der Waals surface area contributed by atoms with Gasteiger partial charge in [-0.3, -0.25) is 9.10 Å². The Morgan fingerprint density at radius 1 is 0.914 bits per heavy atom. The molecule has 0 radical (unpaired) electrons. The van der Waals surface area contributed by atoms with Crippen molar-refractivity contribution in [1.29, 1.82) is 0 Å². The number of esters is 1. The zero-order valence-electron chi connectivity index (χ0n) is 20.0. The molecular weight excluding hydrogens is 468 g/mol. The second-order valence-corrected chi connectivity index (χ2v) is 9.86. The van der Waals surface area contributed by atoms with Crippen LogP contribution in [0.15, 0.2) is 83.8 Å². The topological polar surface area (TPSA) is 102 Å². The van der Waals surface area contributed by atoms with Crippen molar-refractivity contribution in [1.82, 2.24) is 5.32 Å². The van der Waals surface area contributed by atoms with Crippen LogP contribution in [0.1, 0.15) is 35.8 Å². The summed E-state index contributed by atoms with van der Waals surface area (Å²) in [6.07, 6.45) is -1.07. The number of carbonyl (C=O) groups excluding carboxylic acids is 2. The molecule has 35 heavy (non-hydrogen) atoms. The van der Waals surface area contributed by atoms with Crippen molar-refractivity contribution in [2.45, 2.75) is 30.9 Å². The van der Waals surface area contributed by atoms with Crippen LogP contribution in [0.2, 0.25) is 0 Å². The molecule has 1 N–H and O–H groups in total. The van der Waals surface area contributed by atoms with Gasteiger partial charge < -0.3 is 14.8 Å². The molecule has 0 aliphatic rings. The van der Waals surface area contributed by atoms with Crippen LogP contribution in [0.3, 0.4) is 0 Å². The summed E-state index contributed by atoms with van der Waals surface area (Å²) < 4.78 is 37.8. The number of methoxy groups -OCH3 is 1. The van der Waals surface area contributed by atoms with E-state index in [4.69, 9.17) is 9.47 Å². The summed E-state index contributed by atoms with van der Waals surface area (Å²) in [5, 5.41) is 2.80. The Balaban J connectivity index is 1.70. The zero-order chi connectivity index (χ0) is 25.6. The minimum absolute atomic E-state index is 0.0185. The normalized spacial score (nSPS) is 12.8. The number of benzene rings is 3. The molecule has 2 atom stereocenters. The average molecular weight is 497 g/mol. The number of rotatable bonds is 9. The van der Waals surface area contributed by atoms with Crippen molar-refractivity contribution in [3.8, 4) is 5.75 Å². The molecule has 0 saturated heterocycles. The first-order valence-electron chi connectivity index (χ1n) is 10.9. The molecule has 0 spiro atoms. The molecule has 0 heterocycles. The Morgan fingerprint density at radius 3 is 2.20 bits per heavy atom. The van der Waals surface area contributed by atoms with E-state index < -0.39 is 28.0 Å². The molecule has 0 aliphatic heterocycles. The van der Waals surface area contributed by atoms with Gasteiger partial charge in [-0.2, -0.15) is 0 Å². The summed E-state index contributed by atoms with van der Waals surface area (Å²) in [5.74, 6) is -0.664. The van der Waals surface area contributed by atoms with Gasteiger partial charge in [-0.05, 0) is 61.9 Å². The Labute approximate surface area is 205 Å². The molecule has 3 aromatic carbocycles. The maximum Gasteiger partial charge on any atom is 0.338 e. The van der Waals surface area contributed by atoms with Crippen LogP contribution >= 0.6 is 0 Å². The minimum Gasteiger partial charge on any atom is -0.497 e. The first-order chi connectivity index (χ1) is 16.6. The molecule has 0 bridgehead atoms. The lowest BCUT2D eigenvalue weighted by Gasteiger charge is -2.20. The van der Waals surface area contributed by atoms with E-state index in [0.29, 0.717) is 11.4 Å². The number of carbonyl (C=O) groups is 2. The number of sulfonamides is 1. The van der Waals surface area contributed by atoms with Crippen LogP contribution in [0.5, 0.6) is 5.75 Å². The van der Waals surface area contributed by atoms with Gasteiger partial charge >= 0.3 is 5.97 Å². The standard InChI is InChI=1S/C26H28N2O6S/c1-18(20-9-6-5-7-10-20)27-25(29)19(2)34-26(30)21-11-8-12-24(17-21)35(31,32)28(3)22-13-15-23(33-4)16-14-22/h5-19H,1-4H3,(H,27,29). The number of nitrogens with zero attached hydrogens (tertiary/aromatic N) is 1. The molecule has 0 fully saturated rings. The van der Waals surface area contributed by atoms with E-state index in [2.05, 4.69) is 5.32 Å². The van der Waals surface area contributed by atoms with Gasteiger partial charge in [-0.15, -0.1) is 0 Å². The maximum absolute atomic E-state index is 13.1. The predicted octanol–water partition coefficient (Wildman–Crippen LogP) is 3.94. The number of amides is 1. The third-order valence-corrected chi connectivity index (χ3v) is 7.26. The van der Waals surface area contributed by atoms with E-state index in [1.54, 1.807) is 24.3 Å². The lowest BCUT2D eigenvalue weighted by atomic mass is 10.1. The van der Waals surface area contributed by atoms with Crippen LogP contribution < -0.4 is 14.4 Å². The highest BCUT2D eigenvalue weighted by Gasteiger charge is 2.25. The molecule has 1 amide bonds. The second-order valence-electron chi connectivity index (χ2n) is 7.89. The molecule has 0 aliphatic carbocycles. The van der Waals surface area contributed by atoms with Crippen LogP contribution in [0.4, 0.5) is 5.69 Å². The van der Waals surface area contributed by atoms with Crippen LogP contribution in [-0.2, 0) is 19.6 Å². The number of hydrogen-bond donors (Lipinski definition) is 1. The largest absolute Gasteiger partial charge is 0.497 e. The van der Waals surface area contributed by atoms with Gasteiger partial charge in [0.2, 0.25) is 0 Å². The lowest BCUT2D eigenvalue weighted by Crippen LogP contribution is -2.37. The molecule has 9 heteroatoms. The highest BCUT2D eigenvalue weighted by molar-refractivity contribution is 7.92. The number of nitrogens with one attached hydrogen (secondary N) is 1. The van der Waals surface area contributed by atoms with E-state index in [-0.39, 0.29) is 16.5 Å². The summed E-state index contributed by atoms with van der Waals surface area (Å²) in [6, 6.07) is 21.2. The maximum atomic E-state index is 13.1. The van der Waals surface area contributed by atoms with E-state index >= 15 is 0 Å². The SMILES string of the molecule is COc1ccc(N(C)S(=O)(=O)c2cccc(C(=O)OC(C)C(=O)NC(C)c3ccccc3)c2)cc1. The Hall–Kier alpha value is -3.85. The summed E-state index contributed by atoms with van der Waals surface area (Å²) in [7, 11) is -1.01. The van der Waals surface area contributed by atoms with Crippen molar-refractivity contribution in [3.63, 3.8) is 0 Å². The third-order valence-electron chi connectivity index (χ3n) is 5.48.